The lowest BCUT2D eigenvalue weighted by atomic mass is 9.73. The van der Waals surface area contributed by atoms with E-state index in [1.54, 1.807) is 30.3 Å². The van der Waals surface area contributed by atoms with Gasteiger partial charge in [0.1, 0.15) is 23.0 Å². The Kier molecular flexibility index (Phi) is 3.71. The van der Waals surface area contributed by atoms with Gasteiger partial charge in [0.25, 0.3) is 11.8 Å². The van der Waals surface area contributed by atoms with Crippen LogP contribution in [0.4, 0.5) is 0 Å². The fraction of sp³-hybridized carbons (Fsp3) is 0.125. The molecule has 3 heterocycles. The maximum atomic E-state index is 13.0. The molecule has 3 aliphatic heterocycles. The summed E-state index contributed by atoms with van der Waals surface area (Å²) in [5.41, 5.74) is 0.0635. The van der Waals surface area contributed by atoms with Gasteiger partial charge in [-0.25, -0.2) is 4.79 Å². The third-order valence-corrected chi connectivity index (χ3v) is 6.30. The SMILES string of the molecule is O=C1OC2(c3ccc(O)cc3Oc3cc(O)cc(C4CC(=O)N(O)C4=O)c32)c2ccccc21. The molecule has 6 rings (SSSR count). The van der Waals surface area contributed by atoms with Crippen LogP contribution in [0.15, 0.2) is 54.6 Å². The van der Waals surface area contributed by atoms with Crippen LogP contribution in [-0.4, -0.2) is 38.3 Å². The number of hydrogen-bond donors (Lipinski definition) is 3. The van der Waals surface area contributed by atoms with Crippen molar-refractivity contribution in [3.63, 3.8) is 0 Å². The van der Waals surface area contributed by atoms with Crippen LogP contribution >= 0.6 is 0 Å². The third-order valence-electron chi connectivity index (χ3n) is 6.30. The molecule has 0 aliphatic carbocycles. The second-order valence-corrected chi connectivity index (χ2v) is 8.11. The molecular weight excluding hydrogens is 430 g/mol. The molecule has 2 unspecified atom stereocenters. The Morgan fingerprint density at radius 3 is 2.42 bits per heavy atom. The van der Waals surface area contributed by atoms with Gasteiger partial charge in [-0.05, 0) is 29.8 Å². The summed E-state index contributed by atoms with van der Waals surface area (Å²) in [6.45, 7) is 0. The zero-order chi connectivity index (χ0) is 23.1. The molecule has 0 radical (unpaired) electrons. The highest BCUT2D eigenvalue weighted by molar-refractivity contribution is 6.05. The van der Waals surface area contributed by atoms with E-state index >= 15 is 0 Å². The van der Waals surface area contributed by atoms with E-state index < -0.39 is 29.3 Å². The minimum absolute atomic E-state index is 0.0536. The van der Waals surface area contributed by atoms with Crippen LogP contribution in [0.2, 0.25) is 0 Å². The molecule has 1 fully saturated rings. The van der Waals surface area contributed by atoms with Crippen molar-refractivity contribution in [1.82, 2.24) is 5.06 Å². The highest BCUT2D eigenvalue weighted by atomic mass is 16.6. The van der Waals surface area contributed by atoms with E-state index in [1.165, 1.54) is 24.3 Å². The second-order valence-electron chi connectivity index (χ2n) is 8.11. The average molecular weight is 445 g/mol. The molecule has 3 aromatic carbocycles. The zero-order valence-corrected chi connectivity index (χ0v) is 16.8. The molecule has 2 amide bonds. The number of hydrogen-bond acceptors (Lipinski definition) is 8. The van der Waals surface area contributed by atoms with Crippen molar-refractivity contribution < 1.29 is 39.3 Å². The Morgan fingerprint density at radius 2 is 1.67 bits per heavy atom. The number of rotatable bonds is 1. The number of fused-ring (bicyclic) bond motifs is 6. The van der Waals surface area contributed by atoms with Gasteiger partial charge in [0.2, 0.25) is 0 Å². The van der Waals surface area contributed by atoms with E-state index in [0.717, 1.165) is 0 Å². The second kappa shape index (κ2) is 6.33. The lowest BCUT2D eigenvalue weighted by molar-refractivity contribution is -0.171. The molecule has 3 N–H and O–H groups in total. The summed E-state index contributed by atoms with van der Waals surface area (Å²) in [4.78, 5) is 37.7. The molecule has 0 bridgehead atoms. The van der Waals surface area contributed by atoms with Gasteiger partial charge >= 0.3 is 5.97 Å². The van der Waals surface area contributed by atoms with Crippen molar-refractivity contribution in [2.75, 3.05) is 0 Å². The molecule has 3 aromatic rings. The molecule has 164 valence electrons. The van der Waals surface area contributed by atoms with E-state index in [9.17, 15) is 29.8 Å². The smallest absolute Gasteiger partial charge is 0.340 e. The summed E-state index contributed by atoms with van der Waals surface area (Å²) in [5, 5.41) is 30.4. The minimum Gasteiger partial charge on any atom is -0.508 e. The fourth-order valence-corrected chi connectivity index (χ4v) is 4.96. The van der Waals surface area contributed by atoms with E-state index in [1.807, 2.05) is 0 Å². The summed E-state index contributed by atoms with van der Waals surface area (Å²) < 4.78 is 12.0. The molecule has 0 aromatic heterocycles. The number of esters is 1. The van der Waals surface area contributed by atoms with Crippen molar-refractivity contribution in [2.24, 2.45) is 0 Å². The van der Waals surface area contributed by atoms with Gasteiger partial charge in [-0.2, -0.15) is 5.06 Å². The lowest BCUT2D eigenvalue weighted by Gasteiger charge is -2.38. The Bertz CT molecular complexity index is 1410. The summed E-state index contributed by atoms with van der Waals surface area (Å²) in [6.07, 6.45) is -0.334. The molecule has 1 saturated heterocycles. The first-order chi connectivity index (χ1) is 15.8. The number of phenols is 2. The molecule has 33 heavy (non-hydrogen) atoms. The van der Waals surface area contributed by atoms with Crippen LogP contribution in [0.5, 0.6) is 23.0 Å². The van der Waals surface area contributed by atoms with E-state index in [-0.39, 0.29) is 45.6 Å². The number of imide groups is 1. The predicted molar refractivity (Wildman–Crippen MR) is 109 cm³/mol. The van der Waals surface area contributed by atoms with Crippen LogP contribution in [0.3, 0.4) is 0 Å². The van der Waals surface area contributed by atoms with Gasteiger partial charge in [0, 0.05) is 29.7 Å². The Morgan fingerprint density at radius 1 is 0.909 bits per heavy atom. The Balaban J connectivity index is 1.72. The number of amides is 2. The number of carbonyl (C=O) groups excluding carboxylic acids is 3. The molecule has 3 aliphatic rings. The summed E-state index contributed by atoms with van der Waals surface area (Å²) in [5.74, 6) is -3.44. The van der Waals surface area contributed by atoms with Crippen LogP contribution in [-0.2, 0) is 19.9 Å². The van der Waals surface area contributed by atoms with Crippen molar-refractivity contribution in [3.8, 4) is 23.0 Å². The highest BCUT2D eigenvalue weighted by Crippen LogP contribution is 2.59. The lowest BCUT2D eigenvalue weighted by Crippen LogP contribution is -2.35. The van der Waals surface area contributed by atoms with Crippen LogP contribution in [0, 0.1) is 0 Å². The van der Waals surface area contributed by atoms with E-state index in [0.29, 0.717) is 16.7 Å². The normalized spacial score (nSPS) is 22.6. The summed E-state index contributed by atoms with van der Waals surface area (Å²) in [7, 11) is 0. The largest absolute Gasteiger partial charge is 0.508 e. The number of phenolic OH excluding ortho intramolecular Hbond substituents is 2. The van der Waals surface area contributed by atoms with Gasteiger partial charge in [-0.15, -0.1) is 0 Å². The maximum Gasteiger partial charge on any atom is 0.340 e. The minimum atomic E-state index is -1.57. The average Bonchev–Trinajstić information content (AvgIpc) is 3.22. The first kappa shape index (κ1) is 19.3. The zero-order valence-electron chi connectivity index (χ0n) is 16.8. The molecule has 9 heteroatoms. The molecular formula is C24H15NO8. The topological polar surface area (TPSA) is 134 Å². The molecule has 9 nitrogen and oxygen atoms in total. The van der Waals surface area contributed by atoms with E-state index in [4.69, 9.17) is 9.47 Å². The number of benzene rings is 3. The standard InChI is InChI=1S/C24H15NO8/c26-11-5-6-17-18(8-11)32-19-9-12(27)7-14(15-10-20(28)25(31)22(15)29)21(19)24(17)16-4-2-1-3-13(16)23(30)33-24/h1-9,15,26-27,31H,10H2. The number of aromatic hydroxyl groups is 2. The van der Waals surface area contributed by atoms with Gasteiger partial charge in [0.15, 0.2) is 5.60 Å². The Labute approximate surface area is 186 Å². The highest BCUT2D eigenvalue weighted by Gasteiger charge is 2.56. The monoisotopic (exact) mass is 445 g/mol. The van der Waals surface area contributed by atoms with Crippen molar-refractivity contribution in [3.05, 3.63) is 82.4 Å². The first-order valence-electron chi connectivity index (χ1n) is 10.1. The van der Waals surface area contributed by atoms with Gasteiger partial charge in [0.05, 0.1) is 17.0 Å². The van der Waals surface area contributed by atoms with Crippen LogP contribution in [0.25, 0.3) is 0 Å². The Hall–Kier alpha value is -4.37. The van der Waals surface area contributed by atoms with Crippen molar-refractivity contribution in [1.29, 1.82) is 0 Å². The summed E-state index contributed by atoms with van der Waals surface area (Å²) >= 11 is 0. The van der Waals surface area contributed by atoms with Gasteiger partial charge in [-0.3, -0.25) is 14.8 Å². The third kappa shape index (κ3) is 2.42. The molecule has 2 atom stereocenters. The van der Waals surface area contributed by atoms with E-state index in [2.05, 4.69) is 0 Å². The molecule has 1 spiro atoms. The first-order valence-corrected chi connectivity index (χ1v) is 10.1. The number of nitrogens with zero attached hydrogens (tertiary/aromatic N) is 1. The number of carbonyl (C=O) groups is 3. The molecule has 0 saturated carbocycles. The van der Waals surface area contributed by atoms with Crippen molar-refractivity contribution in [2.45, 2.75) is 17.9 Å². The van der Waals surface area contributed by atoms with Gasteiger partial charge < -0.3 is 19.7 Å². The number of hydroxylamine groups is 2. The summed E-state index contributed by atoms with van der Waals surface area (Å²) in [6, 6.07) is 13.7. The van der Waals surface area contributed by atoms with Crippen LogP contribution in [0.1, 0.15) is 45.0 Å². The fourth-order valence-electron chi connectivity index (χ4n) is 4.96. The number of ether oxygens (including phenoxy) is 2. The maximum absolute atomic E-state index is 13.0. The van der Waals surface area contributed by atoms with Gasteiger partial charge in [-0.1, -0.05) is 18.2 Å². The predicted octanol–water partition coefficient (Wildman–Crippen LogP) is 2.90. The quantitative estimate of drug-likeness (QED) is 0.296. The van der Waals surface area contributed by atoms with Crippen LogP contribution < -0.4 is 4.74 Å². The van der Waals surface area contributed by atoms with Crippen molar-refractivity contribution >= 4 is 17.8 Å².